The molecule has 2 bridgehead atoms. The van der Waals surface area contributed by atoms with E-state index in [1.807, 2.05) is 4.90 Å². The predicted molar refractivity (Wildman–Crippen MR) is 143 cm³/mol. The van der Waals surface area contributed by atoms with Crippen LogP contribution in [-0.2, 0) is 20.9 Å². The maximum absolute atomic E-state index is 13.4. The summed E-state index contributed by atoms with van der Waals surface area (Å²) in [5.41, 5.74) is 3.36. The topological polar surface area (TPSA) is 87.7 Å². The van der Waals surface area contributed by atoms with Gasteiger partial charge >= 0.3 is 0 Å². The number of amides is 2. The van der Waals surface area contributed by atoms with E-state index in [1.165, 1.54) is 25.1 Å². The zero-order valence-electron chi connectivity index (χ0n) is 20.8. The van der Waals surface area contributed by atoms with E-state index in [0.29, 0.717) is 60.4 Å². The SMILES string of the molecule is CC(=O)Nc1cc(Cl)c(-c2cnccn2)cc1C=CC(=O)N1C2COCC1CN(Cc1ccc(F)cc1)C2. The fourth-order valence-electron chi connectivity index (χ4n) is 5.00. The minimum atomic E-state index is -0.257. The predicted octanol–water partition coefficient (Wildman–Crippen LogP) is 4.02. The lowest BCUT2D eigenvalue weighted by Gasteiger charge is -2.49. The third kappa shape index (κ3) is 5.91. The smallest absolute Gasteiger partial charge is 0.247 e. The maximum Gasteiger partial charge on any atom is 0.247 e. The second-order valence-corrected chi connectivity index (χ2v) is 9.84. The number of nitrogens with zero attached hydrogens (tertiary/aromatic N) is 4. The Bertz CT molecular complexity index is 1340. The highest BCUT2D eigenvalue weighted by atomic mass is 35.5. The normalized spacial score (nSPS) is 19.5. The number of hydrogen-bond acceptors (Lipinski definition) is 6. The zero-order valence-corrected chi connectivity index (χ0v) is 21.6. The van der Waals surface area contributed by atoms with Crippen molar-refractivity contribution in [2.45, 2.75) is 25.6 Å². The quantitative estimate of drug-likeness (QED) is 0.480. The van der Waals surface area contributed by atoms with Crippen molar-refractivity contribution in [3.63, 3.8) is 0 Å². The molecule has 2 saturated heterocycles. The number of carbonyl (C=O) groups excluding carboxylic acids is 2. The van der Waals surface area contributed by atoms with E-state index >= 15 is 0 Å². The summed E-state index contributed by atoms with van der Waals surface area (Å²) in [5, 5.41) is 3.19. The van der Waals surface area contributed by atoms with Crippen LogP contribution in [0.1, 0.15) is 18.1 Å². The molecule has 0 radical (unpaired) electrons. The van der Waals surface area contributed by atoms with Crippen LogP contribution in [0.5, 0.6) is 0 Å². The molecule has 1 N–H and O–H groups in total. The first kappa shape index (κ1) is 26.0. The Hall–Kier alpha value is -3.66. The summed E-state index contributed by atoms with van der Waals surface area (Å²) in [7, 11) is 0. The average molecular weight is 536 g/mol. The van der Waals surface area contributed by atoms with E-state index in [1.54, 1.807) is 48.9 Å². The minimum Gasteiger partial charge on any atom is -0.377 e. The number of anilines is 1. The molecule has 0 saturated carbocycles. The fraction of sp³-hybridized carbons (Fsp3) is 0.286. The van der Waals surface area contributed by atoms with Crippen LogP contribution in [0.3, 0.4) is 0 Å². The number of fused-ring (bicyclic) bond motifs is 2. The van der Waals surface area contributed by atoms with Gasteiger partial charge in [0.25, 0.3) is 0 Å². The van der Waals surface area contributed by atoms with Gasteiger partial charge < -0.3 is 15.0 Å². The first-order chi connectivity index (χ1) is 18.4. The average Bonchev–Trinajstić information content (AvgIpc) is 2.89. The number of aromatic nitrogens is 2. The first-order valence-corrected chi connectivity index (χ1v) is 12.7. The number of rotatable bonds is 6. The molecular formula is C28H27ClFN5O3. The van der Waals surface area contributed by atoms with Crippen LogP contribution >= 0.6 is 11.6 Å². The molecule has 2 aromatic carbocycles. The Balaban J connectivity index is 1.36. The van der Waals surface area contributed by atoms with Gasteiger partial charge in [-0.25, -0.2) is 4.39 Å². The minimum absolute atomic E-state index is 0.102. The van der Waals surface area contributed by atoms with Gasteiger partial charge in [-0.1, -0.05) is 23.7 Å². The monoisotopic (exact) mass is 535 g/mol. The van der Waals surface area contributed by atoms with Crippen LogP contribution < -0.4 is 5.32 Å². The van der Waals surface area contributed by atoms with Gasteiger partial charge in [-0.05, 0) is 41.5 Å². The molecule has 2 aliphatic rings. The number of ether oxygens (including phenoxy) is 1. The lowest BCUT2D eigenvalue weighted by Crippen LogP contribution is -2.65. The molecule has 196 valence electrons. The summed E-state index contributed by atoms with van der Waals surface area (Å²) < 4.78 is 19.1. The molecule has 5 rings (SSSR count). The van der Waals surface area contributed by atoms with Crippen LogP contribution in [0, 0.1) is 5.82 Å². The summed E-state index contributed by atoms with van der Waals surface area (Å²) in [4.78, 5) is 37.8. The van der Waals surface area contributed by atoms with Gasteiger partial charge in [0.1, 0.15) is 5.82 Å². The highest BCUT2D eigenvalue weighted by Crippen LogP contribution is 2.33. The zero-order chi connectivity index (χ0) is 26.6. The van der Waals surface area contributed by atoms with E-state index in [-0.39, 0.29) is 29.7 Å². The van der Waals surface area contributed by atoms with E-state index in [9.17, 15) is 14.0 Å². The molecule has 3 heterocycles. The van der Waals surface area contributed by atoms with Crippen LogP contribution in [0.15, 0.2) is 61.1 Å². The van der Waals surface area contributed by atoms with Gasteiger partial charge in [-0.2, -0.15) is 0 Å². The van der Waals surface area contributed by atoms with E-state index in [2.05, 4.69) is 20.2 Å². The summed E-state index contributed by atoms with van der Waals surface area (Å²) in [5.74, 6) is -0.639. The molecule has 8 nitrogen and oxygen atoms in total. The number of benzene rings is 2. The van der Waals surface area contributed by atoms with Crippen LogP contribution in [0.25, 0.3) is 17.3 Å². The van der Waals surface area contributed by atoms with Gasteiger partial charge in [0.05, 0.1) is 42.2 Å². The summed E-state index contributed by atoms with van der Waals surface area (Å²) in [6, 6.07) is 9.73. The van der Waals surface area contributed by atoms with Crippen LogP contribution in [0.4, 0.5) is 10.1 Å². The number of morpholine rings is 1. The van der Waals surface area contributed by atoms with Crippen molar-refractivity contribution in [1.29, 1.82) is 0 Å². The maximum atomic E-state index is 13.4. The number of piperazine rings is 1. The van der Waals surface area contributed by atoms with Crippen molar-refractivity contribution >= 4 is 35.2 Å². The second kappa shape index (κ2) is 11.4. The number of hydrogen-bond donors (Lipinski definition) is 1. The third-order valence-corrected chi connectivity index (χ3v) is 6.93. The van der Waals surface area contributed by atoms with Gasteiger partial charge in [0.15, 0.2) is 0 Å². The Morgan fingerprint density at radius 3 is 2.55 bits per heavy atom. The van der Waals surface area contributed by atoms with Crippen molar-refractivity contribution in [3.8, 4) is 11.3 Å². The fourth-order valence-corrected chi connectivity index (χ4v) is 5.26. The summed E-state index contributed by atoms with van der Waals surface area (Å²) >= 11 is 6.49. The molecule has 2 fully saturated rings. The highest BCUT2D eigenvalue weighted by Gasteiger charge is 2.40. The summed E-state index contributed by atoms with van der Waals surface area (Å²) in [6.45, 7) is 4.30. The Labute approximate surface area is 225 Å². The van der Waals surface area contributed by atoms with Crippen molar-refractivity contribution < 1.29 is 18.7 Å². The van der Waals surface area contributed by atoms with Gasteiger partial charge in [0.2, 0.25) is 11.8 Å². The van der Waals surface area contributed by atoms with E-state index in [0.717, 1.165) is 5.56 Å². The molecular weight excluding hydrogens is 509 g/mol. The van der Waals surface area contributed by atoms with Crippen LogP contribution in [-0.4, -0.2) is 70.0 Å². The third-order valence-electron chi connectivity index (χ3n) is 6.61. The number of carbonyl (C=O) groups is 2. The van der Waals surface area contributed by atoms with E-state index in [4.69, 9.17) is 16.3 Å². The molecule has 3 aromatic rings. The molecule has 2 unspecified atom stereocenters. The molecule has 2 aliphatic heterocycles. The lowest BCUT2D eigenvalue weighted by molar-refractivity contribution is -0.150. The highest BCUT2D eigenvalue weighted by molar-refractivity contribution is 6.33. The standard InChI is InChI=1S/C28H27ClFN5O3/c1-18(36)33-26-11-25(29)24(27-12-31-8-9-32-27)10-20(26)4-7-28(37)35-22-14-34(15-23(35)17-38-16-22)13-19-2-5-21(30)6-3-19/h2-12,22-23H,13-17H2,1H3,(H,33,36). The largest absolute Gasteiger partial charge is 0.377 e. The lowest BCUT2D eigenvalue weighted by atomic mass is 10.0. The van der Waals surface area contributed by atoms with Crippen LogP contribution in [0.2, 0.25) is 5.02 Å². The second-order valence-electron chi connectivity index (χ2n) is 9.44. The van der Waals surface area contributed by atoms with Gasteiger partial charge in [0, 0.05) is 56.3 Å². The Morgan fingerprint density at radius 1 is 1.16 bits per heavy atom. The molecule has 0 aliphatic carbocycles. The number of nitrogens with one attached hydrogen (secondary N) is 1. The Kier molecular flexibility index (Phi) is 7.78. The van der Waals surface area contributed by atoms with Crippen molar-refractivity contribution in [2.24, 2.45) is 0 Å². The van der Waals surface area contributed by atoms with Crippen molar-refractivity contribution in [3.05, 3.63) is 83.0 Å². The molecule has 0 spiro atoms. The molecule has 10 heteroatoms. The van der Waals surface area contributed by atoms with Gasteiger partial charge in [-0.3, -0.25) is 24.5 Å². The molecule has 2 atom stereocenters. The van der Waals surface area contributed by atoms with E-state index < -0.39 is 0 Å². The molecule has 1 aromatic heterocycles. The van der Waals surface area contributed by atoms with Crippen molar-refractivity contribution in [1.82, 2.24) is 19.8 Å². The first-order valence-electron chi connectivity index (χ1n) is 12.3. The summed E-state index contributed by atoms with van der Waals surface area (Å²) in [6.07, 6.45) is 7.96. The molecule has 2 amide bonds. The van der Waals surface area contributed by atoms with Gasteiger partial charge in [-0.15, -0.1) is 0 Å². The molecule has 38 heavy (non-hydrogen) atoms. The Morgan fingerprint density at radius 2 is 1.89 bits per heavy atom. The van der Waals surface area contributed by atoms with Crippen molar-refractivity contribution in [2.75, 3.05) is 31.6 Å². The number of halogens is 2.